The van der Waals surface area contributed by atoms with Gasteiger partial charge in [0.1, 0.15) is 5.52 Å². The molecule has 4 nitrogen and oxygen atoms in total. The molecular formula is C11H12N2O2. The number of hydrogen-bond donors (Lipinski definition) is 1. The average Bonchev–Trinajstić information content (AvgIpc) is 2.43. The number of hydrogen-bond acceptors (Lipinski definition) is 3. The van der Waals surface area contributed by atoms with Crippen LogP contribution in [0.5, 0.6) is 0 Å². The molecule has 1 heterocycles. The van der Waals surface area contributed by atoms with Crippen LogP contribution in [0.15, 0.2) is 39.6 Å². The zero-order valence-corrected chi connectivity index (χ0v) is 8.49. The predicted octanol–water partition coefficient (Wildman–Crippen LogP) is 1.75. The smallest absolute Gasteiger partial charge is 0.408 e. The summed E-state index contributed by atoms with van der Waals surface area (Å²) in [7, 11) is 0. The number of nitrogens with zero attached hydrogens (tertiary/aromatic N) is 1. The highest BCUT2D eigenvalue weighted by atomic mass is 16.4. The van der Waals surface area contributed by atoms with Gasteiger partial charge in [-0.3, -0.25) is 4.57 Å². The van der Waals surface area contributed by atoms with Gasteiger partial charge in [-0.25, -0.2) is 4.79 Å². The molecule has 15 heavy (non-hydrogen) atoms. The molecule has 0 fully saturated rings. The minimum atomic E-state index is -0.397. The third kappa shape index (κ3) is 1.54. The van der Waals surface area contributed by atoms with Crippen LogP contribution < -0.4 is 11.5 Å². The minimum absolute atomic E-state index is 0.397. The monoisotopic (exact) mass is 204 g/mol. The molecule has 0 saturated carbocycles. The molecule has 0 radical (unpaired) electrons. The normalized spacial score (nSPS) is 10.7. The van der Waals surface area contributed by atoms with Gasteiger partial charge >= 0.3 is 5.76 Å². The lowest BCUT2D eigenvalue weighted by Crippen LogP contribution is -2.15. The maximum atomic E-state index is 11.5. The van der Waals surface area contributed by atoms with E-state index in [0.29, 0.717) is 23.3 Å². The number of para-hydroxylation sites is 1. The third-order valence-electron chi connectivity index (χ3n) is 2.15. The Hall–Kier alpha value is -1.97. The van der Waals surface area contributed by atoms with Gasteiger partial charge in [0.15, 0.2) is 5.58 Å². The second kappa shape index (κ2) is 3.31. The molecule has 0 saturated heterocycles. The van der Waals surface area contributed by atoms with Crippen LogP contribution in [0.4, 0.5) is 5.69 Å². The predicted molar refractivity (Wildman–Crippen MR) is 59.7 cm³/mol. The number of benzene rings is 1. The minimum Gasteiger partial charge on any atom is -0.408 e. The van der Waals surface area contributed by atoms with Crippen LogP contribution in [0.25, 0.3) is 11.1 Å². The Morgan fingerprint density at radius 3 is 3.00 bits per heavy atom. The first kappa shape index (κ1) is 9.58. The van der Waals surface area contributed by atoms with Crippen LogP contribution in [0.1, 0.15) is 6.92 Å². The van der Waals surface area contributed by atoms with Gasteiger partial charge in [-0.2, -0.15) is 0 Å². The summed E-state index contributed by atoms with van der Waals surface area (Å²) in [5.74, 6) is -0.397. The molecule has 2 aromatic rings. The summed E-state index contributed by atoms with van der Waals surface area (Å²) >= 11 is 0. The third-order valence-corrected chi connectivity index (χ3v) is 2.15. The van der Waals surface area contributed by atoms with Crippen LogP contribution in [0.3, 0.4) is 0 Å². The first-order valence-corrected chi connectivity index (χ1v) is 4.62. The maximum Gasteiger partial charge on any atom is 0.420 e. The van der Waals surface area contributed by atoms with E-state index in [1.54, 1.807) is 18.2 Å². The number of nitrogen functional groups attached to an aromatic ring is 1. The van der Waals surface area contributed by atoms with E-state index in [2.05, 4.69) is 6.58 Å². The zero-order chi connectivity index (χ0) is 11.0. The summed E-state index contributed by atoms with van der Waals surface area (Å²) < 4.78 is 6.56. The summed E-state index contributed by atoms with van der Waals surface area (Å²) in [5, 5.41) is 0. The molecule has 2 rings (SSSR count). The van der Waals surface area contributed by atoms with Crippen molar-refractivity contribution in [3.05, 3.63) is 40.9 Å². The Kier molecular flexibility index (Phi) is 2.11. The van der Waals surface area contributed by atoms with Crippen molar-refractivity contribution in [1.29, 1.82) is 0 Å². The second-order valence-corrected chi connectivity index (χ2v) is 3.61. The summed E-state index contributed by atoms with van der Waals surface area (Å²) in [5.41, 5.74) is 8.37. The van der Waals surface area contributed by atoms with Gasteiger partial charge in [0.25, 0.3) is 0 Å². The van der Waals surface area contributed by atoms with E-state index in [-0.39, 0.29) is 0 Å². The molecule has 0 spiro atoms. The lowest BCUT2D eigenvalue weighted by atomic mass is 10.2. The van der Waals surface area contributed by atoms with Crippen LogP contribution in [-0.4, -0.2) is 4.57 Å². The van der Waals surface area contributed by atoms with Crippen LogP contribution >= 0.6 is 0 Å². The number of oxazole rings is 1. The van der Waals surface area contributed by atoms with Crippen LogP contribution in [0, 0.1) is 0 Å². The van der Waals surface area contributed by atoms with E-state index >= 15 is 0 Å². The fourth-order valence-corrected chi connectivity index (χ4v) is 1.56. The highest BCUT2D eigenvalue weighted by Crippen LogP contribution is 2.20. The largest absolute Gasteiger partial charge is 0.420 e. The van der Waals surface area contributed by atoms with E-state index in [0.717, 1.165) is 5.57 Å². The molecule has 0 unspecified atom stereocenters. The Morgan fingerprint density at radius 2 is 2.33 bits per heavy atom. The van der Waals surface area contributed by atoms with Crippen molar-refractivity contribution in [2.24, 2.45) is 0 Å². The van der Waals surface area contributed by atoms with E-state index in [9.17, 15) is 4.79 Å². The lowest BCUT2D eigenvalue weighted by molar-refractivity contribution is 0.516. The summed E-state index contributed by atoms with van der Waals surface area (Å²) in [6, 6.07) is 5.22. The number of rotatable bonds is 2. The molecular weight excluding hydrogens is 192 g/mol. The number of fused-ring (bicyclic) bond motifs is 1. The Morgan fingerprint density at radius 1 is 1.60 bits per heavy atom. The van der Waals surface area contributed by atoms with Crippen molar-refractivity contribution < 1.29 is 4.42 Å². The Bertz CT molecular complexity index is 578. The second-order valence-electron chi connectivity index (χ2n) is 3.61. The summed E-state index contributed by atoms with van der Waals surface area (Å²) in [6.07, 6.45) is 0. The molecule has 4 heteroatoms. The fraction of sp³-hybridized carbons (Fsp3) is 0.182. The number of nitrogens with two attached hydrogens (primary N) is 1. The van der Waals surface area contributed by atoms with Crippen molar-refractivity contribution >= 4 is 16.8 Å². The molecule has 1 aromatic carbocycles. The molecule has 0 aliphatic heterocycles. The first-order chi connectivity index (χ1) is 7.09. The van der Waals surface area contributed by atoms with Crippen molar-refractivity contribution in [2.75, 3.05) is 5.73 Å². The van der Waals surface area contributed by atoms with Crippen molar-refractivity contribution in [3.8, 4) is 0 Å². The van der Waals surface area contributed by atoms with Crippen molar-refractivity contribution in [1.82, 2.24) is 4.57 Å². The molecule has 78 valence electrons. The van der Waals surface area contributed by atoms with Gasteiger partial charge in [0.2, 0.25) is 0 Å². The number of anilines is 1. The molecule has 0 aliphatic rings. The average molecular weight is 204 g/mol. The van der Waals surface area contributed by atoms with Gasteiger partial charge in [-0.1, -0.05) is 18.2 Å². The number of allylic oxidation sites excluding steroid dienone is 1. The van der Waals surface area contributed by atoms with Gasteiger partial charge in [0.05, 0.1) is 5.69 Å². The van der Waals surface area contributed by atoms with Gasteiger partial charge in [-0.15, -0.1) is 0 Å². The van der Waals surface area contributed by atoms with Gasteiger partial charge < -0.3 is 10.2 Å². The van der Waals surface area contributed by atoms with Gasteiger partial charge in [-0.05, 0) is 19.1 Å². The molecule has 0 bridgehead atoms. The summed E-state index contributed by atoms with van der Waals surface area (Å²) in [6.45, 7) is 6.05. The highest BCUT2D eigenvalue weighted by molar-refractivity contribution is 5.85. The molecule has 0 atom stereocenters. The van der Waals surface area contributed by atoms with Crippen LogP contribution in [-0.2, 0) is 6.54 Å². The first-order valence-electron chi connectivity index (χ1n) is 4.62. The molecule has 0 aliphatic carbocycles. The lowest BCUT2D eigenvalue weighted by Gasteiger charge is -2.02. The molecule has 1 aromatic heterocycles. The number of aromatic nitrogens is 1. The maximum absolute atomic E-state index is 11.5. The topological polar surface area (TPSA) is 61.2 Å². The van der Waals surface area contributed by atoms with E-state index in [1.165, 1.54) is 4.57 Å². The standard InChI is InChI=1S/C11H12N2O2/c1-7(2)6-13-10-8(12)4-3-5-9(10)15-11(13)14/h3-5H,1,6,12H2,2H3. The van der Waals surface area contributed by atoms with E-state index in [1.807, 2.05) is 6.92 Å². The van der Waals surface area contributed by atoms with Gasteiger partial charge in [0, 0.05) is 6.54 Å². The zero-order valence-electron chi connectivity index (χ0n) is 8.49. The Labute approximate surface area is 86.6 Å². The van der Waals surface area contributed by atoms with Crippen molar-refractivity contribution in [2.45, 2.75) is 13.5 Å². The van der Waals surface area contributed by atoms with E-state index < -0.39 is 5.76 Å². The fourth-order valence-electron chi connectivity index (χ4n) is 1.56. The molecule has 2 N–H and O–H groups in total. The van der Waals surface area contributed by atoms with Crippen molar-refractivity contribution in [3.63, 3.8) is 0 Å². The Balaban J connectivity index is 2.76. The quantitative estimate of drug-likeness (QED) is 0.598. The highest BCUT2D eigenvalue weighted by Gasteiger charge is 2.10. The SMILES string of the molecule is C=C(C)Cn1c(=O)oc2cccc(N)c21. The molecule has 0 amide bonds. The summed E-state index contributed by atoms with van der Waals surface area (Å²) in [4.78, 5) is 11.5. The van der Waals surface area contributed by atoms with Crippen LogP contribution in [0.2, 0.25) is 0 Å². The van der Waals surface area contributed by atoms with E-state index in [4.69, 9.17) is 10.2 Å².